The molecule has 3 aromatic rings. The molecule has 1 aliphatic rings. The van der Waals surface area contributed by atoms with E-state index in [4.69, 9.17) is 9.47 Å². The average molecular weight is 589 g/mol. The maximum Gasteiger partial charge on any atom is 0.264 e. The quantitative estimate of drug-likeness (QED) is 0.405. The number of carbonyl (C=O) groups is 1. The van der Waals surface area contributed by atoms with Crippen LogP contribution in [0.15, 0.2) is 76.5 Å². The Morgan fingerprint density at radius 1 is 0.825 bits per heavy atom. The number of carbonyl (C=O) groups excluding carboxylic acids is 1. The molecule has 11 nitrogen and oxygen atoms in total. The van der Waals surface area contributed by atoms with Crippen molar-refractivity contribution in [3.8, 4) is 11.5 Å². The first-order valence-electron chi connectivity index (χ1n) is 12.4. The molecule has 40 heavy (non-hydrogen) atoms. The molecule has 0 unspecified atom stereocenters. The largest absolute Gasteiger partial charge is 0.497 e. The maximum atomic E-state index is 13.5. The molecular weight excluding hydrogens is 556 g/mol. The Morgan fingerprint density at radius 3 is 1.98 bits per heavy atom. The Morgan fingerprint density at radius 2 is 1.43 bits per heavy atom. The fourth-order valence-corrected chi connectivity index (χ4v) is 7.04. The lowest BCUT2D eigenvalue weighted by molar-refractivity contribution is -0.114. The van der Waals surface area contributed by atoms with Crippen molar-refractivity contribution in [2.45, 2.75) is 16.7 Å². The van der Waals surface area contributed by atoms with Crippen LogP contribution in [0.2, 0.25) is 0 Å². The van der Waals surface area contributed by atoms with E-state index in [2.05, 4.69) is 5.32 Å². The first kappa shape index (κ1) is 29.2. The lowest BCUT2D eigenvalue weighted by Gasteiger charge is -2.36. The molecular formula is C27H32N4O7S2. The molecule has 13 heteroatoms. The second-order valence-electron chi connectivity index (χ2n) is 9.10. The van der Waals surface area contributed by atoms with Gasteiger partial charge < -0.3 is 19.7 Å². The Bertz CT molecular complexity index is 1570. The highest BCUT2D eigenvalue weighted by Crippen LogP contribution is 2.34. The third-order valence-corrected chi connectivity index (χ3v) is 10.3. The summed E-state index contributed by atoms with van der Waals surface area (Å²) in [5, 5.41) is 2.62. The molecule has 4 rings (SSSR count). The van der Waals surface area contributed by atoms with Crippen LogP contribution in [-0.4, -0.2) is 74.5 Å². The van der Waals surface area contributed by atoms with Crippen LogP contribution >= 0.6 is 0 Å². The van der Waals surface area contributed by atoms with E-state index in [9.17, 15) is 21.6 Å². The number of amides is 1. The summed E-state index contributed by atoms with van der Waals surface area (Å²) in [5.74, 6) is 0.853. The minimum Gasteiger partial charge on any atom is -0.497 e. The highest BCUT2D eigenvalue weighted by atomic mass is 32.2. The van der Waals surface area contributed by atoms with Gasteiger partial charge in [0.05, 0.1) is 35.4 Å². The summed E-state index contributed by atoms with van der Waals surface area (Å²) in [6.07, 6.45) is 0. The molecule has 0 atom stereocenters. The molecule has 1 heterocycles. The predicted octanol–water partition coefficient (Wildman–Crippen LogP) is 3.00. The number of methoxy groups -OCH3 is 2. The van der Waals surface area contributed by atoms with Gasteiger partial charge in [-0.2, -0.15) is 4.31 Å². The highest BCUT2D eigenvalue weighted by Gasteiger charge is 2.30. The zero-order valence-electron chi connectivity index (χ0n) is 22.7. The van der Waals surface area contributed by atoms with Gasteiger partial charge in [0.15, 0.2) is 0 Å². The number of sulfonamides is 2. The van der Waals surface area contributed by atoms with E-state index in [1.807, 2.05) is 4.90 Å². The number of rotatable bonds is 9. The summed E-state index contributed by atoms with van der Waals surface area (Å²) >= 11 is 0. The Kier molecular flexibility index (Phi) is 8.57. The number of hydrogen-bond acceptors (Lipinski definition) is 8. The van der Waals surface area contributed by atoms with Gasteiger partial charge in [0.2, 0.25) is 15.9 Å². The van der Waals surface area contributed by atoms with Gasteiger partial charge in [-0.25, -0.2) is 16.8 Å². The van der Waals surface area contributed by atoms with Crippen molar-refractivity contribution < 1.29 is 31.1 Å². The molecule has 1 saturated heterocycles. The van der Waals surface area contributed by atoms with E-state index in [0.29, 0.717) is 41.7 Å². The number of nitrogens with one attached hydrogen (secondary N) is 1. The summed E-state index contributed by atoms with van der Waals surface area (Å²) in [5.41, 5.74) is 1.54. The fraction of sp³-hybridized carbons (Fsp3) is 0.296. The van der Waals surface area contributed by atoms with Gasteiger partial charge in [-0.15, -0.1) is 0 Å². The van der Waals surface area contributed by atoms with Crippen LogP contribution < -0.4 is 24.0 Å². The van der Waals surface area contributed by atoms with Crippen molar-refractivity contribution in [3.63, 3.8) is 0 Å². The number of nitrogens with zero attached hydrogens (tertiary/aromatic N) is 3. The van der Waals surface area contributed by atoms with Crippen LogP contribution in [-0.2, 0) is 24.8 Å². The zero-order chi connectivity index (χ0) is 29.1. The fourth-order valence-electron chi connectivity index (χ4n) is 4.40. The molecule has 214 valence electrons. The van der Waals surface area contributed by atoms with Crippen molar-refractivity contribution >= 4 is 43.0 Å². The molecule has 1 N–H and O–H groups in total. The SMILES string of the molecule is COc1ccc(N(C)S(=O)(=O)c2ccc(OC)c(N3CCN(S(=O)(=O)c4ccc(NC(C)=O)cc4)CC3)c2)cc1. The summed E-state index contributed by atoms with van der Waals surface area (Å²) in [7, 11) is -3.14. The van der Waals surface area contributed by atoms with E-state index < -0.39 is 20.0 Å². The molecule has 1 fully saturated rings. The van der Waals surface area contributed by atoms with E-state index in [1.165, 1.54) is 55.0 Å². The first-order valence-corrected chi connectivity index (χ1v) is 15.3. The maximum absolute atomic E-state index is 13.5. The second-order valence-corrected chi connectivity index (χ2v) is 13.0. The van der Waals surface area contributed by atoms with Crippen LogP contribution in [0.4, 0.5) is 17.1 Å². The van der Waals surface area contributed by atoms with Gasteiger partial charge in [0.1, 0.15) is 11.5 Å². The van der Waals surface area contributed by atoms with Gasteiger partial charge in [-0.3, -0.25) is 9.10 Å². The van der Waals surface area contributed by atoms with Gasteiger partial charge in [-0.05, 0) is 66.7 Å². The van der Waals surface area contributed by atoms with Gasteiger partial charge in [0, 0.05) is 45.8 Å². The summed E-state index contributed by atoms with van der Waals surface area (Å²) < 4.78 is 66.6. The highest BCUT2D eigenvalue weighted by molar-refractivity contribution is 7.92. The molecule has 3 aromatic carbocycles. The third kappa shape index (κ3) is 6.01. The van der Waals surface area contributed by atoms with Crippen LogP contribution in [0.25, 0.3) is 0 Å². The molecule has 0 aromatic heterocycles. The number of benzene rings is 3. The van der Waals surface area contributed by atoms with Crippen molar-refractivity contribution in [2.75, 3.05) is 62.0 Å². The van der Waals surface area contributed by atoms with E-state index in [0.717, 1.165) is 0 Å². The summed E-state index contributed by atoms with van der Waals surface area (Å²) in [6, 6.07) is 17.4. The lowest BCUT2D eigenvalue weighted by Crippen LogP contribution is -2.48. The number of piperazine rings is 1. The molecule has 0 radical (unpaired) electrons. The minimum absolute atomic E-state index is 0.0796. The minimum atomic E-state index is -3.90. The smallest absolute Gasteiger partial charge is 0.264 e. The van der Waals surface area contributed by atoms with Crippen molar-refractivity contribution in [1.82, 2.24) is 4.31 Å². The molecule has 0 aliphatic carbocycles. The Labute approximate surface area is 235 Å². The van der Waals surface area contributed by atoms with E-state index in [-0.39, 0.29) is 28.8 Å². The van der Waals surface area contributed by atoms with Gasteiger partial charge in [0.25, 0.3) is 10.0 Å². The van der Waals surface area contributed by atoms with Crippen LogP contribution in [0.3, 0.4) is 0 Å². The van der Waals surface area contributed by atoms with Crippen LogP contribution in [0.1, 0.15) is 6.92 Å². The number of anilines is 3. The monoisotopic (exact) mass is 588 g/mol. The van der Waals surface area contributed by atoms with Gasteiger partial charge in [-0.1, -0.05) is 0 Å². The molecule has 1 aliphatic heterocycles. The second kappa shape index (κ2) is 11.7. The van der Waals surface area contributed by atoms with Crippen LogP contribution in [0, 0.1) is 0 Å². The van der Waals surface area contributed by atoms with E-state index in [1.54, 1.807) is 48.5 Å². The topological polar surface area (TPSA) is 126 Å². The summed E-state index contributed by atoms with van der Waals surface area (Å²) in [4.78, 5) is 13.4. The van der Waals surface area contributed by atoms with Crippen molar-refractivity contribution in [3.05, 3.63) is 66.7 Å². The molecule has 0 saturated carbocycles. The normalized spacial score (nSPS) is 14.4. The molecule has 0 spiro atoms. The Balaban J connectivity index is 1.52. The van der Waals surface area contributed by atoms with Crippen molar-refractivity contribution in [2.24, 2.45) is 0 Å². The average Bonchev–Trinajstić information content (AvgIpc) is 2.96. The third-order valence-electron chi connectivity index (χ3n) is 6.64. The number of ether oxygens (including phenoxy) is 2. The first-order chi connectivity index (χ1) is 19.0. The Hall–Kier alpha value is -3.81. The molecule has 1 amide bonds. The van der Waals surface area contributed by atoms with E-state index >= 15 is 0 Å². The van der Waals surface area contributed by atoms with Crippen molar-refractivity contribution in [1.29, 1.82) is 0 Å². The van der Waals surface area contributed by atoms with Gasteiger partial charge >= 0.3 is 0 Å². The summed E-state index contributed by atoms with van der Waals surface area (Å²) in [6.45, 7) is 2.43. The zero-order valence-corrected chi connectivity index (χ0v) is 24.3. The standard InChI is InChI=1S/C27H32N4O7S2/c1-20(32)28-21-5-11-24(12-6-21)40(35,36)31-17-15-30(16-18-31)26-19-25(13-14-27(26)38-4)39(33,34)29(2)22-7-9-23(37-3)10-8-22/h5-14,19H,15-18H2,1-4H3,(H,28,32). The lowest BCUT2D eigenvalue weighted by atomic mass is 10.2. The number of hydrogen-bond donors (Lipinski definition) is 1. The van der Waals surface area contributed by atoms with Crippen LogP contribution in [0.5, 0.6) is 11.5 Å². The predicted molar refractivity (Wildman–Crippen MR) is 153 cm³/mol. The molecule has 0 bridgehead atoms.